The molecule has 1 atom stereocenters. The summed E-state index contributed by atoms with van der Waals surface area (Å²) >= 11 is 0. The molecule has 5 heteroatoms. The van der Waals surface area contributed by atoms with Crippen LogP contribution in [0.5, 0.6) is 5.75 Å². The molecule has 1 saturated carbocycles. The van der Waals surface area contributed by atoms with Crippen LogP contribution >= 0.6 is 0 Å². The van der Waals surface area contributed by atoms with E-state index in [0.29, 0.717) is 6.04 Å². The van der Waals surface area contributed by atoms with Gasteiger partial charge in [-0.25, -0.2) is 0 Å². The maximum Gasteiger partial charge on any atom is 0.148 e. The van der Waals surface area contributed by atoms with E-state index in [-0.39, 0.29) is 5.60 Å². The zero-order valence-electron chi connectivity index (χ0n) is 14.0. The summed E-state index contributed by atoms with van der Waals surface area (Å²) in [5, 5.41) is 12.2. The van der Waals surface area contributed by atoms with Crippen molar-refractivity contribution in [2.45, 2.75) is 43.7 Å². The molecule has 2 aliphatic rings. The van der Waals surface area contributed by atoms with Gasteiger partial charge in [-0.1, -0.05) is 25.0 Å². The van der Waals surface area contributed by atoms with Crippen molar-refractivity contribution in [3.05, 3.63) is 36.4 Å². The Morgan fingerprint density at radius 1 is 1.12 bits per heavy atom. The molecular formula is C19H23N3O2. The monoisotopic (exact) mass is 325 g/mol. The number of aromatic nitrogens is 2. The highest BCUT2D eigenvalue weighted by Gasteiger charge is 2.42. The van der Waals surface area contributed by atoms with Crippen LogP contribution in [0.15, 0.2) is 36.4 Å². The molecule has 1 saturated heterocycles. The Hall–Kier alpha value is -2.14. The molecule has 1 N–H and O–H groups in total. The minimum absolute atomic E-state index is 0.127. The van der Waals surface area contributed by atoms with Crippen molar-refractivity contribution in [1.29, 1.82) is 0 Å². The van der Waals surface area contributed by atoms with Gasteiger partial charge in [0.15, 0.2) is 0 Å². The minimum Gasteiger partial charge on any atom is -0.496 e. The van der Waals surface area contributed by atoms with Crippen molar-refractivity contribution in [3.63, 3.8) is 0 Å². The first kappa shape index (κ1) is 15.4. The van der Waals surface area contributed by atoms with Gasteiger partial charge in [0.2, 0.25) is 0 Å². The molecule has 2 fully saturated rings. The standard InChI is InChI=1S/C19H23N3O2/c1-23-17-7-3-2-6-15(17)16-8-9-18(22-21-16)20-14-12-19(24-13-14)10-4-5-11-19/h2-3,6-9,14H,4-5,10-13H2,1H3,(H,20,22)/t14-/m1/s1. The number of methoxy groups -OCH3 is 1. The molecule has 0 unspecified atom stereocenters. The second-order valence-electron chi connectivity index (χ2n) is 6.75. The summed E-state index contributed by atoms with van der Waals surface area (Å²) in [5.41, 5.74) is 1.89. The fourth-order valence-corrected chi connectivity index (χ4v) is 3.92. The molecule has 1 aromatic heterocycles. The van der Waals surface area contributed by atoms with E-state index in [1.807, 2.05) is 36.4 Å². The van der Waals surface area contributed by atoms with Gasteiger partial charge < -0.3 is 14.8 Å². The molecular weight excluding hydrogens is 302 g/mol. The van der Waals surface area contributed by atoms with Crippen LogP contribution in [-0.2, 0) is 4.74 Å². The average Bonchev–Trinajstić information content (AvgIpc) is 3.25. The maximum atomic E-state index is 6.08. The first-order chi connectivity index (χ1) is 11.8. The smallest absolute Gasteiger partial charge is 0.148 e. The predicted octanol–water partition coefficient (Wildman–Crippen LogP) is 3.67. The first-order valence-corrected chi connectivity index (χ1v) is 8.66. The summed E-state index contributed by atoms with van der Waals surface area (Å²) in [6.45, 7) is 0.760. The highest BCUT2D eigenvalue weighted by atomic mass is 16.5. The lowest BCUT2D eigenvalue weighted by Crippen LogP contribution is -2.25. The molecule has 1 aromatic carbocycles. The Bertz CT molecular complexity index is 696. The topological polar surface area (TPSA) is 56.3 Å². The molecule has 0 radical (unpaired) electrons. The second-order valence-corrected chi connectivity index (χ2v) is 6.75. The van der Waals surface area contributed by atoms with Gasteiger partial charge in [0.05, 0.1) is 31.1 Å². The van der Waals surface area contributed by atoms with E-state index in [2.05, 4.69) is 15.5 Å². The van der Waals surface area contributed by atoms with E-state index in [0.717, 1.165) is 35.9 Å². The van der Waals surface area contributed by atoms with E-state index in [4.69, 9.17) is 9.47 Å². The van der Waals surface area contributed by atoms with Gasteiger partial charge in [-0.3, -0.25) is 0 Å². The first-order valence-electron chi connectivity index (χ1n) is 8.66. The summed E-state index contributed by atoms with van der Waals surface area (Å²) < 4.78 is 11.5. The number of anilines is 1. The molecule has 1 aliphatic carbocycles. The molecule has 0 amide bonds. The zero-order valence-corrected chi connectivity index (χ0v) is 14.0. The summed E-state index contributed by atoms with van der Waals surface area (Å²) in [5.74, 6) is 1.61. The number of hydrogen-bond acceptors (Lipinski definition) is 5. The Kier molecular flexibility index (Phi) is 4.10. The van der Waals surface area contributed by atoms with Crippen LogP contribution in [0.1, 0.15) is 32.1 Å². The highest BCUT2D eigenvalue weighted by molar-refractivity contribution is 5.67. The third-order valence-electron chi connectivity index (χ3n) is 5.12. The number of nitrogens with one attached hydrogen (secondary N) is 1. The Balaban J connectivity index is 1.45. The molecule has 4 rings (SSSR count). The zero-order chi connectivity index (χ0) is 16.4. The van der Waals surface area contributed by atoms with Crippen LogP contribution in [0.3, 0.4) is 0 Å². The number of rotatable bonds is 4. The SMILES string of the molecule is COc1ccccc1-c1ccc(N[C@H]2COC3(CCCC3)C2)nn1. The van der Waals surface area contributed by atoms with Crippen molar-refractivity contribution in [1.82, 2.24) is 10.2 Å². The molecule has 5 nitrogen and oxygen atoms in total. The van der Waals surface area contributed by atoms with Gasteiger partial charge in [-0.05, 0) is 43.5 Å². The van der Waals surface area contributed by atoms with E-state index in [1.165, 1.54) is 25.7 Å². The molecule has 1 aliphatic heterocycles. The van der Waals surface area contributed by atoms with Crippen molar-refractivity contribution in [2.24, 2.45) is 0 Å². The number of benzene rings is 1. The van der Waals surface area contributed by atoms with Crippen molar-refractivity contribution >= 4 is 5.82 Å². The van der Waals surface area contributed by atoms with Gasteiger partial charge in [0.1, 0.15) is 11.6 Å². The van der Waals surface area contributed by atoms with Crippen molar-refractivity contribution < 1.29 is 9.47 Å². The van der Waals surface area contributed by atoms with Gasteiger partial charge in [-0.2, -0.15) is 0 Å². The van der Waals surface area contributed by atoms with Crippen LogP contribution < -0.4 is 10.1 Å². The summed E-state index contributed by atoms with van der Waals surface area (Å²) in [7, 11) is 1.67. The third-order valence-corrected chi connectivity index (χ3v) is 5.12. The Labute approximate surface area is 142 Å². The van der Waals surface area contributed by atoms with Crippen LogP contribution in [0, 0.1) is 0 Å². The lowest BCUT2D eigenvalue weighted by molar-refractivity contribution is 0.0103. The summed E-state index contributed by atoms with van der Waals surface area (Å²) in [6.07, 6.45) is 6.05. The second kappa shape index (κ2) is 6.40. The quantitative estimate of drug-likeness (QED) is 0.929. The van der Waals surface area contributed by atoms with Crippen LogP contribution in [-0.4, -0.2) is 35.6 Å². The predicted molar refractivity (Wildman–Crippen MR) is 93.2 cm³/mol. The molecule has 0 bridgehead atoms. The van der Waals surface area contributed by atoms with Gasteiger partial charge in [0, 0.05) is 5.56 Å². The molecule has 126 valence electrons. The molecule has 24 heavy (non-hydrogen) atoms. The number of nitrogens with zero attached hydrogens (tertiary/aromatic N) is 2. The van der Waals surface area contributed by atoms with E-state index in [1.54, 1.807) is 7.11 Å². The van der Waals surface area contributed by atoms with Gasteiger partial charge in [-0.15, -0.1) is 10.2 Å². The number of ether oxygens (including phenoxy) is 2. The van der Waals surface area contributed by atoms with E-state index in [9.17, 15) is 0 Å². The average molecular weight is 325 g/mol. The normalized spacial score (nSPS) is 22.0. The summed E-state index contributed by atoms with van der Waals surface area (Å²) in [4.78, 5) is 0. The Morgan fingerprint density at radius 2 is 1.96 bits per heavy atom. The summed E-state index contributed by atoms with van der Waals surface area (Å²) in [6, 6.07) is 12.1. The lowest BCUT2D eigenvalue weighted by atomic mass is 9.96. The fraction of sp³-hybridized carbons (Fsp3) is 0.474. The van der Waals surface area contributed by atoms with E-state index < -0.39 is 0 Å². The van der Waals surface area contributed by atoms with Gasteiger partial charge >= 0.3 is 0 Å². The lowest BCUT2D eigenvalue weighted by Gasteiger charge is -2.21. The Morgan fingerprint density at radius 3 is 2.71 bits per heavy atom. The number of para-hydroxylation sites is 1. The molecule has 2 heterocycles. The van der Waals surface area contributed by atoms with Gasteiger partial charge in [0.25, 0.3) is 0 Å². The number of hydrogen-bond donors (Lipinski definition) is 1. The molecule has 2 aromatic rings. The highest BCUT2D eigenvalue weighted by Crippen LogP contribution is 2.41. The fourth-order valence-electron chi connectivity index (χ4n) is 3.92. The van der Waals surface area contributed by atoms with E-state index >= 15 is 0 Å². The van der Waals surface area contributed by atoms with Crippen LogP contribution in [0.25, 0.3) is 11.3 Å². The van der Waals surface area contributed by atoms with Crippen LogP contribution in [0.4, 0.5) is 5.82 Å². The molecule has 1 spiro atoms. The van der Waals surface area contributed by atoms with Crippen LogP contribution in [0.2, 0.25) is 0 Å². The van der Waals surface area contributed by atoms with Crippen molar-refractivity contribution in [3.8, 4) is 17.0 Å². The van der Waals surface area contributed by atoms with Crippen molar-refractivity contribution in [2.75, 3.05) is 19.0 Å². The maximum absolute atomic E-state index is 6.08. The largest absolute Gasteiger partial charge is 0.496 e. The third kappa shape index (κ3) is 2.96. The minimum atomic E-state index is 0.127.